The van der Waals surface area contributed by atoms with Crippen LogP contribution in [-0.2, 0) is 23.0 Å². The SMILES string of the molecule is Cc1ccc2nc1Oc1cccc(c1)C[C@H]1[C@@H](NS(C)(=O)=O)CCN1C(=O)NC2. The molecule has 2 atom stereocenters. The molecule has 2 aromatic rings. The Kier molecular flexibility index (Phi) is 5.18. The van der Waals surface area contributed by atoms with E-state index in [1.807, 2.05) is 43.3 Å². The molecule has 0 aliphatic carbocycles. The van der Waals surface area contributed by atoms with Crippen molar-refractivity contribution in [1.29, 1.82) is 0 Å². The molecule has 0 unspecified atom stereocenters. The lowest BCUT2D eigenvalue weighted by molar-refractivity contribution is 0.188. The van der Waals surface area contributed by atoms with E-state index in [4.69, 9.17) is 4.74 Å². The molecule has 2 aliphatic heterocycles. The number of nitrogens with one attached hydrogen (secondary N) is 2. The maximum atomic E-state index is 12.9. The van der Waals surface area contributed by atoms with Crippen LogP contribution in [0.5, 0.6) is 11.6 Å². The monoisotopic (exact) mass is 416 g/mol. The minimum atomic E-state index is -3.39. The van der Waals surface area contributed by atoms with Gasteiger partial charge in [0.1, 0.15) is 5.75 Å². The van der Waals surface area contributed by atoms with E-state index in [1.54, 1.807) is 4.90 Å². The van der Waals surface area contributed by atoms with Crippen molar-refractivity contribution < 1.29 is 17.9 Å². The molecule has 2 amide bonds. The molecule has 1 fully saturated rings. The van der Waals surface area contributed by atoms with Crippen LogP contribution in [0.3, 0.4) is 0 Å². The van der Waals surface area contributed by atoms with Crippen molar-refractivity contribution in [2.45, 2.75) is 38.4 Å². The van der Waals surface area contributed by atoms with E-state index in [-0.39, 0.29) is 24.7 Å². The van der Waals surface area contributed by atoms with Crippen molar-refractivity contribution in [3.8, 4) is 11.6 Å². The lowest BCUT2D eigenvalue weighted by Gasteiger charge is -2.28. The van der Waals surface area contributed by atoms with Gasteiger partial charge in [0.15, 0.2) is 0 Å². The van der Waals surface area contributed by atoms with Crippen LogP contribution < -0.4 is 14.8 Å². The molecule has 1 aromatic carbocycles. The Bertz CT molecular complexity index is 1040. The van der Waals surface area contributed by atoms with E-state index >= 15 is 0 Å². The molecule has 0 spiro atoms. The zero-order valence-electron chi connectivity index (χ0n) is 16.4. The highest BCUT2D eigenvalue weighted by atomic mass is 32.2. The second-order valence-corrected chi connectivity index (χ2v) is 9.36. The number of urea groups is 1. The Morgan fingerprint density at radius 1 is 1.28 bits per heavy atom. The third-order valence-electron chi connectivity index (χ3n) is 5.26. The number of aromatic nitrogens is 1. The van der Waals surface area contributed by atoms with Crippen molar-refractivity contribution in [2.24, 2.45) is 0 Å². The van der Waals surface area contributed by atoms with Gasteiger partial charge >= 0.3 is 6.03 Å². The van der Waals surface area contributed by atoms with Crippen molar-refractivity contribution in [3.05, 3.63) is 53.2 Å². The molecule has 1 saturated heterocycles. The van der Waals surface area contributed by atoms with Gasteiger partial charge in [-0.1, -0.05) is 18.2 Å². The zero-order chi connectivity index (χ0) is 20.6. The first-order chi connectivity index (χ1) is 13.8. The molecular formula is C20H24N4O4S. The fourth-order valence-corrected chi connectivity index (χ4v) is 4.70. The first kappa shape index (κ1) is 19.7. The van der Waals surface area contributed by atoms with E-state index in [1.165, 1.54) is 0 Å². The van der Waals surface area contributed by atoms with Gasteiger partial charge in [-0.3, -0.25) is 0 Å². The maximum Gasteiger partial charge on any atom is 0.318 e. The third-order valence-corrected chi connectivity index (χ3v) is 5.99. The number of rotatable bonds is 2. The summed E-state index contributed by atoms with van der Waals surface area (Å²) in [7, 11) is -3.39. The minimum Gasteiger partial charge on any atom is -0.439 e. The number of pyridine rings is 1. The number of sulfonamides is 1. The Balaban J connectivity index is 1.72. The highest BCUT2D eigenvalue weighted by Crippen LogP contribution is 2.28. The van der Waals surface area contributed by atoms with E-state index in [0.717, 1.165) is 17.4 Å². The summed E-state index contributed by atoms with van der Waals surface area (Å²) < 4.78 is 32.3. The van der Waals surface area contributed by atoms with Gasteiger partial charge in [0.2, 0.25) is 15.9 Å². The quantitative estimate of drug-likeness (QED) is 0.779. The van der Waals surface area contributed by atoms with Gasteiger partial charge in [-0.25, -0.2) is 22.9 Å². The minimum absolute atomic E-state index is 0.229. The largest absolute Gasteiger partial charge is 0.439 e. The molecule has 9 heteroatoms. The van der Waals surface area contributed by atoms with Crippen LogP contribution in [0, 0.1) is 6.92 Å². The van der Waals surface area contributed by atoms with E-state index in [0.29, 0.717) is 36.7 Å². The predicted molar refractivity (Wildman–Crippen MR) is 108 cm³/mol. The first-order valence-electron chi connectivity index (χ1n) is 9.53. The highest BCUT2D eigenvalue weighted by molar-refractivity contribution is 7.88. The van der Waals surface area contributed by atoms with Crippen LogP contribution in [0.4, 0.5) is 4.79 Å². The van der Waals surface area contributed by atoms with Crippen molar-refractivity contribution in [2.75, 3.05) is 12.8 Å². The predicted octanol–water partition coefficient (Wildman–Crippen LogP) is 1.94. The molecule has 2 N–H and O–H groups in total. The fraction of sp³-hybridized carbons (Fsp3) is 0.400. The second kappa shape index (κ2) is 7.64. The summed E-state index contributed by atoms with van der Waals surface area (Å²) in [5.74, 6) is 1.16. The highest BCUT2D eigenvalue weighted by Gasteiger charge is 2.38. The summed E-state index contributed by atoms with van der Waals surface area (Å²) in [6, 6.07) is 10.5. The summed E-state index contributed by atoms with van der Waals surface area (Å²) in [6.07, 6.45) is 2.22. The van der Waals surface area contributed by atoms with Crippen molar-refractivity contribution >= 4 is 16.1 Å². The second-order valence-electron chi connectivity index (χ2n) is 7.58. The van der Waals surface area contributed by atoms with E-state index < -0.39 is 10.0 Å². The Morgan fingerprint density at radius 3 is 2.90 bits per heavy atom. The lowest BCUT2D eigenvalue weighted by Crippen LogP contribution is -2.50. The number of hydrogen-bond acceptors (Lipinski definition) is 5. The summed E-state index contributed by atoms with van der Waals surface area (Å²) in [5, 5.41) is 2.90. The Hall–Kier alpha value is -2.65. The van der Waals surface area contributed by atoms with Crippen LogP contribution in [-0.4, -0.2) is 49.2 Å². The van der Waals surface area contributed by atoms with Crippen LogP contribution in [0.15, 0.2) is 36.4 Å². The molecule has 29 heavy (non-hydrogen) atoms. The average Bonchev–Trinajstić information content (AvgIpc) is 3.02. The Labute approximate surface area is 170 Å². The number of aryl methyl sites for hydroxylation is 1. The number of nitrogens with zero attached hydrogens (tertiary/aromatic N) is 2. The molecule has 0 radical (unpaired) electrons. The topological polar surface area (TPSA) is 101 Å². The lowest BCUT2D eigenvalue weighted by atomic mass is 10.0. The number of fused-ring (bicyclic) bond motifs is 5. The van der Waals surface area contributed by atoms with E-state index in [2.05, 4.69) is 15.0 Å². The number of ether oxygens (including phenoxy) is 1. The zero-order valence-corrected chi connectivity index (χ0v) is 17.2. The molecule has 0 saturated carbocycles. The first-order valence-corrected chi connectivity index (χ1v) is 11.4. The molecular weight excluding hydrogens is 392 g/mol. The van der Waals surface area contributed by atoms with Gasteiger partial charge in [0.05, 0.1) is 24.5 Å². The summed E-state index contributed by atoms with van der Waals surface area (Å²) >= 11 is 0. The Morgan fingerprint density at radius 2 is 2.10 bits per heavy atom. The summed E-state index contributed by atoms with van der Waals surface area (Å²) in [5.41, 5.74) is 2.55. The molecule has 3 heterocycles. The fourth-order valence-electron chi connectivity index (χ4n) is 3.88. The molecule has 1 aromatic heterocycles. The van der Waals surface area contributed by atoms with Gasteiger partial charge in [-0.05, 0) is 43.5 Å². The van der Waals surface area contributed by atoms with Crippen LogP contribution in [0.1, 0.15) is 23.2 Å². The number of amides is 2. The number of carbonyl (C=O) groups is 1. The van der Waals surface area contributed by atoms with Crippen LogP contribution in [0.25, 0.3) is 0 Å². The standard InChI is InChI=1S/C20H24N4O4S/c1-13-6-7-15-12-21-20(25)24-9-8-17(23-29(2,26)27)18(24)11-14-4-3-5-16(10-14)28-19(13)22-15/h3-7,10,17-18,23H,8-9,11-12H2,1-2H3,(H,21,25)/t17-,18-/m0/s1. The number of hydrogen-bond donors (Lipinski definition) is 2. The van der Waals surface area contributed by atoms with Gasteiger partial charge in [0.25, 0.3) is 0 Å². The number of benzene rings is 1. The van der Waals surface area contributed by atoms with Crippen LogP contribution >= 0.6 is 0 Å². The van der Waals surface area contributed by atoms with Gasteiger partial charge in [-0.2, -0.15) is 0 Å². The molecule has 2 aliphatic rings. The number of carbonyl (C=O) groups excluding carboxylic acids is 1. The molecule has 4 bridgehead atoms. The van der Waals surface area contributed by atoms with Crippen molar-refractivity contribution in [1.82, 2.24) is 19.9 Å². The van der Waals surface area contributed by atoms with Gasteiger partial charge < -0.3 is 15.0 Å². The smallest absolute Gasteiger partial charge is 0.318 e. The van der Waals surface area contributed by atoms with Gasteiger partial charge in [0, 0.05) is 18.2 Å². The third kappa shape index (κ3) is 4.51. The van der Waals surface area contributed by atoms with E-state index in [9.17, 15) is 13.2 Å². The van der Waals surface area contributed by atoms with Crippen molar-refractivity contribution in [3.63, 3.8) is 0 Å². The van der Waals surface area contributed by atoms with Crippen LogP contribution in [0.2, 0.25) is 0 Å². The molecule has 4 rings (SSSR count). The molecule has 8 nitrogen and oxygen atoms in total. The normalized spacial score (nSPS) is 21.9. The summed E-state index contributed by atoms with van der Waals surface area (Å²) in [6.45, 7) is 2.66. The van der Waals surface area contributed by atoms with Gasteiger partial charge in [-0.15, -0.1) is 0 Å². The average molecular weight is 417 g/mol. The molecule has 154 valence electrons. The summed E-state index contributed by atoms with van der Waals surface area (Å²) in [4.78, 5) is 19.1. The maximum absolute atomic E-state index is 12.9.